The SMILES string of the molecule is O=C(Nc1cccc(-c2nc3ccccc3s2)c1)C1CCCN(C(=O)C2CC2)C1. The van der Waals surface area contributed by atoms with Crippen molar-refractivity contribution in [1.29, 1.82) is 0 Å². The number of fused-ring (bicyclic) bond motifs is 1. The number of carbonyl (C=O) groups excluding carboxylic acids is 2. The molecule has 1 N–H and O–H groups in total. The van der Waals surface area contributed by atoms with Gasteiger partial charge < -0.3 is 10.2 Å². The van der Waals surface area contributed by atoms with Crippen LogP contribution in [0.3, 0.4) is 0 Å². The summed E-state index contributed by atoms with van der Waals surface area (Å²) in [6.45, 7) is 1.32. The van der Waals surface area contributed by atoms with Crippen LogP contribution < -0.4 is 5.32 Å². The van der Waals surface area contributed by atoms with Crippen molar-refractivity contribution in [2.75, 3.05) is 18.4 Å². The molecule has 2 amide bonds. The lowest BCUT2D eigenvalue weighted by molar-refractivity contribution is -0.135. The Bertz CT molecular complexity index is 1040. The van der Waals surface area contributed by atoms with Gasteiger partial charge in [-0.2, -0.15) is 0 Å². The summed E-state index contributed by atoms with van der Waals surface area (Å²) in [5.41, 5.74) is 2.76. The zero-order valence-corrected chi connectivity index (χ0v) is 17.0. The van der Waals surface area contributed by atoms with Crippen molar-refractivity contribution in [2.45, 2.75) is 25.7 Å². The number of rotatable bonds is 4. The van der Waals surface area contributed by atoms with E-state index in [1.165, 1.54) is 0 Å². The monoisotopic (exact) mass is 405 g/mol. The van der Waals surface area contributed by atoms with E-state index in [0.717, 1.165) is 58.7 Å². The molecule has 0 spiro atoms. The number of piperidine rings is 1. The van der Waals surface area contributed by atoms with E-state index < -0.39 is 0 Å². The Kier molecular flexibility index (Phi) is 4.79. The van der Waals surface area contributed by atoms with Crippen molar-refractivity contribution >= 4 is 39.1 Å². The highest BCUT2D eigenvalue weighted by atomic mass is 32.1. The van der Waals surface area contributed by atoms with E-state index in [1.807, 2.05) is 47.4 Å². The van der Waals surface area contributed by atoms with E-state index in [1.54, 1.807) is 11.3 Å². The molecule has 148 valence electrons. The van der Waals surface area contributed by atoms with Crippen LogP contribution in [-0.4, -0.2) is 34.8 Å². The second-order valence-corrected chi connectivity index (χ2v) is 8.99. The first-order valence-electron chi connectivity index (χ1n) is 10.2. The highest BCUT2D eigenvalue weighted by Crippen LogP contribution is 2.33. The van der Waals surface area contributed by atoms with Crippen LogP contribution in [0.5, 0.6) is 0 Å². The summed E-state index contributed by atoms with van der Waals surface area (Å²) in [4.78, 5) is 31.8. The number of thiazole rings is 1. The van der Waals surface area contributed by atoms with Gasteiger partial charge in [-0.3, -0.25) is 9.59 Å². The van der Waals surface area contributed by atoms with Crippen LogP contribution in [0.1, 0.15) is 25.7 Å². The molecule has 2 fully saturated rings. The number of nitrogens with zero attached hydrogens (tertiary/aromatic N) is 2. The fourth-order valence-corrected chi connectivity index (χ4v) is 4.91. The van der Waals surface area contributed by atoms with Gasteiger partial charge in [-0.05, 0) is 49.9 Å². The Morgan fingerprint density at radius 1 is 1.03 bits per heavy atom. The summed E-state index contributed by atoms with van der Waals surface area (Å²) >= 11 is 1.65. The molecule has 2 aliphatic rings. The number of likely N-dealkylation sites (tertiary alicyclic amines) is 1. The first-order chi connectivity index (χ1) is 14.2. The summed E-state index contributed by atoms with van der Waals surface area (Å²) in [6.07, 6.45) is 3.73. The molecule has 1 aliphatic heterocycles. The van der Waals surface area contributed by atoms with Gasteiger partial charge in [0.2, 0.25) is 11.8 Å². The summed E-state index contributed by atoms with van der Waals surface area (Å²) in [5, 5.41) is 4.01. The third-order valence-electron chi connectivity index (χ3n) is 5.70. The summed E-state index contributed by atoms with van der Waals surface area (Å²) in [6, 6.07) is 15.9. The molecule has 1 aliphatic carbocycles. The maximum Gasteiger partial charge on any atom is 0.229 e. The number of nitrogens with one attached hydrogen (secondary N) is 1. The Labute approximate surface area is 173 Å². The van der Waals surface area contributed by atoms with Crippen LogP contribution >= 0.6 is 11.3 Å². The number of para-hydroxylation sites is 1. The zero-order valence-electron chi connectivity index (χ0n) is 16.1. The number of benzene rings is 2. The van der Waals surface area contributed by atoms with Crippen LogP contribution in [0.4, 0.5) is 5.69 Å². The maximum absolute atomic E-state index is 12.8. The van der Waals surface area contributed by atoms with Crippen molar-refractivity contribution in [3.8, 4) is 10.6 Å². The van der Waals surface area contributed by atoms with Crippen molar-refractivity contribution in [2.24, 2.45) is 11.8 Å². The lowest BCUT2D eigenvalue weighted by Crippen LogP contribution is -2.44. The molecule has 3 aromatic rings. The number of anilines is 1. The Balaban J connectivity index is 1.29. The predicted molar refractivity (Wildman–Crippen MR) is 116 cm³/mol. The van der Waals surface area contributed by atoms with Crippen LogP contribution in [0.25, 0.3) is 20.8 Å². The van der Waals surface area contributed by atoms with E-state index >= 15 is 0 Å². The molecular formula is C23H23N3O2S. The molecule has 29 heavy (non-hydrogen) atoms. The van der Waals surface area contributed by atoms with E-state index in [-0.39, 0.29) is 23.7 Å². The van der Waals surface area contributed by atoms with Gasteiger partial charge in [0.05, 0.1) is 16.1 Å². The number of hydrogen-bond donors (Lipinski definition) is 1. The predicted octanol–water partition coefficient (Wildman–Crippen LogP) is 4.55. The number of aromatic nitrogens is 1. The van der Waals surface area contributed by atoms with Gasteiger partial charge in [-0.25, -0.2) is 4.98 Å². The zero-order chi connectivity index (χ0) is 19.8. The third-order valence-corrected chi connectivity index (χ3v) is 6.79. The van der Waals surface area contributed by atoms with E-state index in [4.69, 9.17) is 4.98 Å². The topological polar surface area (TPSA) is 62.3 Å². The second-order valence-electron chi connectivity index (χ2n) is 7.95. The van der Waals surface area contributed by atoms with Crippen molar-refractivity contribution in [3.05, 3.63) is 48.5 Å². The Morgan fingerprint density at radius 3 is 2.72 bits per heavy atom. The molecule has 2 heterocycles. The molecule has 1 saturated heterocycles. The number of hydrogen-bond acceptors (Lipinski definition) is 4. The molecule has 0 radical (unpaired) electrons. The van der Waals surface area contributed by atoms with Crippen molar-refractivity contribution < 1.29 is 9.59 Å². The highest BCUT2D eigenvalue weighted by molar-refractivity contribution is 7.21. The van der Waals surface area contributed by atoms with Gasteiger partial charge in [-0.1, -0.05) is 24.3 Å². The standard InChI is InChI=1S/C23H23N3O2S/c27-21(17-6-4-12-26(14-17)23(28)15-10-11-15)24-18-7-3-5-16(13-18)22-25-19-8-1-2-9-20(19)29-22/h1-3,5,7-9,13,15,17H,4,6,10-12,14H2,(H,24,27). The van der Waals surface area contributed by atoms with E-state index in [2.05, 4.69) is 11.4 Å². The number of carbonyl (C=O) groups is 2. The molecule has 1 atom stereocenters. The average molecular weight is 406 g/mol. The molecular weight excluding hydrogens is 382 g/mol. The fourth-order valence-electron chi connectivity index (χ4n) is 3.95. The molecule has 1 unspecified atom stereocenters. The smallest absolute Gasteiger partial charge is 0.229 e. The normalized spacial score (nSPS) is 19.3. The molecule has 5 rings (SSSR count). The van der Waals surface area contributed by atoms with Gasteiger partial charge >= 0.3 is 0 Å². The van der Waals surface area contributed by atoms with Crippen molar-refractivity contribution in [1.82, 2.24) is 9.88 Å². The summed E-state index contributed by atoms with van der Waals surface area (Å²) in [7, 11) is 0. The number of amides is 2. The van der Waals surface area contributed by atoms with Gasteiger partial charge in [0.1, 0.15) is 5.01 Å². The lowest BCUT2D eigenvalue weighted by Gasteiger charge is -2.32. The molecule has 5 nitrogen and oxygen atoms in total. The largest absolute Gasteiger partial charge is 0.342 e. The minimum atomic E-state index is -0.141. The van der Waals surface area contributed by atoms with Gasteiger partial charge in [0.25, 0.3) is 0 Å². The van der Waals surface area contributed by atoms with Gasteiger partial charge in [0, 0.05) is 30.3 Å². The maximum atomic E-state index is 12.8. The van der Waals surface area contributed by atoms with Crippen LogP contribution in [0.2, 0.25) is 0 Å². The van der Waals surface area contributed by atoms with Crippen LogP contribution in [0.15, 0.2) is 48.5 Å². The molecule has 1 aromatic heterocycles. The minimum Gasteiger partial charge on any atom is -0.342 e. The fraction of sp³-hybridized carbons (Fsp3) is 0.348. The lowest BCUT2D eigenvalue weighted by atomic mass is 9.96. The van der Waals surface area contributed by atoms with E-state index in [9.17, 15) is 9.59 Å². The quantitative estimate of drug-likeness (QED) is 0.693. The summed E-state index contributed by atoms with van der Waals surface area (Å²) in [5.74, 6) is 0.305. The minimum absolute atomic E-state index is 0.000234. The third kappa shape index (κ3) is 3.90. The molecule has 2 aromatic carbocycles. The first-order valence-corrected chi connectivity index (χ1v) is 11.0. The van der Waals surface area contributed by atoms with E-state index in [0.29, 0.717) is 6.54 Å². The Hall–Kier alpha value is -2.73. The Morgan fingerprint density at radius 2 is 1.90 bits per heavy atom. The summed E-state index contributed by atoms with van der Waals surface area (Å²) < 4.78 is 1.15. The highest BCUT2D eigenvalue weighted by Gasteiger charge is 2.36. The van der Waals surface area contributed by atoms with Crippen LogP contribution in [0, 0.1) is 11.8 Å². The first kappa shape index (κ1) is 18.3. The average Bonchev–Trinajstić information content (AvgIpc) is 3.51. The van der Waals surface area contributed by atoms with Crippen molar-refractivity contribution in [3.63, 3.8) is 0 Å². The van der Waals surface area contributed by atoms with Gasteiger partial charge in [-0.15, -0.1) is 11.3 Å². The second kappa shape index (κ2) is 7.59. The molecule has 6 heteroatoms. The molecule has 0 bridgehead atoms. The molecule has 1 saturated carbocycles. The van der Waals surface area contributed by atoms with Crippen LogP contribution in [-0.2, 0) is 9.59 Å². The van der Waals surface area contributed by atoms with Gasteiger partial charge in [0.15, 0.2) is 0 Å².